The lowest BCUT2D eigenvalue weighted by atomic mass is 10.0. The van der Waals surface area contributed by atoms with E-state index in [0.717, 1.165) is 12.8 Å². The number of alkyl halides is 3. The van der Waals surface area contributed by atoms with Crippen molar-refractivity contribution in [1.29, 1.82) is 0 Å². The maximum absolute atomic E-state index is 12.5. The third-order valence-corrected chi connectivity index (χ3v) is 3.73. The molecule has 0 bridgehead atoms. The average molecular weight is 316 g/mol. The predicted molar refractivity (Wildman–Crippen MR) is 75.2 cm³/mol. The van der Waals surface area contributed by atoms with Gasteiger partial charge in [0.15, 0.2) is 0 Å². The van der Waals surface area contributed by atoms with Crippen LogP contribution in [-0.2, 0) is 11.3 Å². The zero-order valence-corrected chi connectivity index (χ0v) is 12.3. The lowest BCUT2D eigenvalue weighted by molar-refractivity contribution is -0.275. The van der Waals surface area contributed by atoms with Crippen LogP contribution >= 0.6 is 0 Å². The summed E-state index contributed by atoms with van der Waals surface area (Å²) in [5, 5.41) is 2.61. The van der Waals surface area contributed by atoms with Gasteiger partial charge in [0.1, 0.15) is 5.75 Å². The summed E-state index contributed by atoms with van der Waals surface area (Å²) < 4.78 is 41.4. The van der Waals surface area contributed by atoms with Gasteiger partial charge in [-0.15, -0.1) is 13.2 Å². The number of benzene rings is 1. The van der Waals surface area contributed by atoms with Crippen molar-refractivity contribution < 1.29 is 22.7 Å². The molecule has 1 heterocycles. The second-order valence-corrected chi connectivity index (χ2v) is 5.25. The van der Waals surface area contributed by atoms with Gasteiger partial charge in [0.25, 0.3) is 0 Å². The van der Waals surface area contributed by atoms with Gasteiger partial charge in [-0.05, 0) is 25.5 Å². The number of hydrogen-bond donors (Lipinski definition) is 1. The Kier molecular flexibility index (Phi) is 5.28. The summed E-state index contributed by atoms with van der Waals surface area (Å²) in [4.78, 5) is 13.8. The highest BCUT2D eigenvalue weighted by molar-refractivity contribution is 5.81. The molecule has 2 rings (SSSR count). The van der Waals surface area contributed by atoms with E-state index in [9.17, 15) is 18.0 Å². The van der Waals surface area contributed by atoms with Crippen LogP contribution in [0.15, 0.2) is 24.3 Å². The summed E-state index contributed by atoms with van der Waals surface area (Å²) in [7, 11) is 1.57. The number of nitrogens with zero attached hydrogens (tertiary/aromatic N) is 1. The number of carbonyl (C=O) groups excluding carboxylic acids is 1. The molecule has 0 aromatic heterocycles. The molecule has 1 fully saturated rings. The first-order chi connectivity index (χ1) is 10.4. The predicted octanol–water partition coefficient (Wildman–Crippen LogP) is 2.69. The van der Waals surface area contributed by atoms with Gasteiger partial charge in [-0.1, -0.05) is 24.6 Å². The van der Waals surface area contributed by atoms with Crippen molar-refractivity contribution >= 4 is 5.91 Å². The molecule has 1 aliphatic heterocycles. The number of likely N-dealkylation sites (N-methyl/N-ethyl adjacent to an activating group) is 1. The standard InChI is InChI=1S/C15H19F3N2O2/c1-19-14(21)12-7-4-5-9-20(12)10-11-6-2-3-8-13(11)22-15(16,17)18/h2-3,6,8,12H,4-5,7,9-10H2,1H3,(H,19,21)/t12-/m0/s1. The summed E-state index contributed by atoms with van der Waals surface area (Å²) in [5.74, 6) is -0.315. The van der Waals surface area contributed by atoms with Crippen LogP contribution in [0.3, 0.4) is 0 Å². The fraction of sp³-hybridized carbons (Fsp3) is 0.533. The molecule has 1 aromatic carbocycles. The Bertz CT molecular complexity index is 520. The summed E-state index contributed by atoms with van der Waals surface area (Å²) >= 11 is 0. The quantitative estimate of drug-likeness (QED) is 0.928. The van der Waals surface area contributed by atoms with Crippen molar-refractivity contribution in [2.24, 2.45) is 0 Å². The van der Waals surface area contributed by atoms with Crippen LogP contribution < -0.4 is 10.1 Å². The molecule has 122 valence electrons. The molecule has 0 saturated carbocycles. The Morgan fingerprint density at radius 1 is 1.36 bits per heavy atom. The molecular formula is C15H19F3N2O2. The first kappa shape index (κ1) is 16.6. The van der Waals surface area contributed by atoms with Crippen molar-refractivity contribution in [1.82, 2.24) is 10.2 Å². The van der Waals surface area contributed by atoms with E-state index in [-0.39, 0.29) is 24.2 Å². The fourth-order valence-electron chi connectivity index (χ4n) is 2.72. The number of hydrogen-bond acceptors (Lipinski definition) is 3. The van der Waals surface area contributed by atoms with Crippen molar-refractivity contribution in [3.63, 3.8) is 0 Å². The molecule has 0 unspecified atom stereocenters. The smallest absolute Gasteiger partial charge is 0.405 e. The molecule has 0 spiro atoms. The third kappa shape index (κ3) is 4.37. The molecule has 1 amide bonds. The molecule has 1 N–H and O–H groups in total. The number of halogens is 3. The Morgan fingerprint density at radius 3 is 2.77 bits per heavy atom. The number of ether oxygens (including phenoxy) is 1. The number of nitrogens with one attached hydrogen (secondary N) is 1. The summed E-state index contributed by atoms with van der Waals surface area (Å²) in [6.07, 6.45) is -2.15. The van der Waals surface area contributed by atoms with Gasteiger partial charge in [-0.3, -0.25) is 9.69 Å². The molecule has 1 aromatic rings. The number of rotatable bonds is 4. The van der Waals surface area contributed by atoms with Crippen molar-refractivity contribution in [3.05, 3.63) is 29.8 Å². The Morgan fingerprint density at radius 2 is 2.09 bits per heavy atom. The van der Waals surface area contributed by atoms with E-state index in [1.165, 1.54) is 12.1 Å². The van der Waals surface area contributed by atoms with Crippen LogP contribution in [0.1, 0.15) is 24.8 Å². The van der Waals surface area contributed by atoms with Gasteiger partial charge in [0.2, 0.25) is 5.91 Å². The lowest BCUT2D eigenvalue weighted by Gasteiger charge is -2.34. The molecular weight excluding hydrogens is 297 g/mol. The van der Waals surface area contributed by atoms with Crippen LogP contribution in [-0.4, -0.2) is 36.8 Å². The highest BCUT2D eigenvalue weighted by Crippen LogP contribution is 2.29. The number of carbonyl (C=O) groups is 1. The SMILES string of the molecule is CNC(=O)[C@@H]1CCCCN1Cc1ccccc1OC(F)(F)F. The van der Waals surface area contributed by atoms with Crippen molar-refractivity contribution in [2.45, 2.75) is 38.2 Å². The fourth-order valence-corrected chi connectivity index (χ4v) is 2.72. The van der Waals surface area contributed by atoms with Crippen LogP contribution in [0.5, 0.6) is 5.75 Å². The van der Waals surface area contributed by atoms with Gasteiger partial charge >= 0.3 is 6.36 Å². The minimum Gasteiger partial charge on any atom is -0.405 e. The van der Waals surface area contributed by atoms with E-state index < -0.39 is 6.36 Å². The maximum atomic E-state index is 12.5. The average Bonchev–Trinajstić information content (AvgIpc) is 2.47. The molecule has 0 aliphatic carbocycles. The van der Waals surface area contributed by atoms with E-state index in [1.54, 1.807) is 19.2 Å². The zero-order chi connectivity index (χ0) is 16.2. The monoisotopic (exact) mass is 316 g/mol. The number of piperidine rings is 1. The van der Waals surface area contributed by atoms with E-state index in [1.807, 2.05) is 4.90 Å². The molecule has 4 nitrogen and oxygen atoms in total. The molecule has 1 saturated heterocycles. The molecule has 1 aliphatic rings. The second-order valence-electron chi connectivity index (χ2n) is 5.25. The number of para-hydroxylation sites is 1. The highest BCUT2D eigenvalue weighted by atomic mass is 19.4. The van der Waals surface area contributed by atoms with Crippen LogP contribution in [0.25, 0.3) is 0 Å². The molecule has 7 heteroatoms. The van der Waals surface area contributed by atoms with Crippen molar-refractivity contribution in [3.8, 4) is 5.75 Å². The maximum Gasteiger partial charge on any atom is 0.573 e. The minimum absolute atomic E-state index is 0.103. The zero-order valence-electron chi connectivity index (χ0n) is 12.3. The van der Waals surface area contributed by atoms with Gasteiger partial charge in [-0.25, -0.2) is 0 Å². The molecule has 22 heavy (non-hydrogen) atoms. The number of likely N-dealkylation sites (tertiary alicyclic amines) is 1. The third-order valence-electron chi connectivity index (χ3n) is 3.73. The van der Waals surface area contributed by atoms with Crippen molar-refractivity contribution in [2.75, 3.05) is 13.6 Å². The van der Waals surface area contributed by atoms with E-state index in [0.29, 0.717) is 18.5 Å². The summed E-state index contributed by atoms with van der Waals surface area (Å²) in [6.45, 7) is 0.933. The second kappa shape index (κ2) is 7.00. The minimum atomic E-state index is -4.72. The van der Waals surface area contributed by atoms with Gasteiger partial charge in [0, 0.05) is 19.2 Å². The van der Waals surface area contributed by atoms with E-state index in [2.05, 4.69) is 10.1 Å². The number of amides is 1. The Hall–Kier alpha value is -1.76. The first-order valence-electron chi connectivity index (χ1n) is 7.20. The van der Waals surface area contributed by atoms with E-state index >= 15 is 0 Å². The van der Waals surface area contributed by atoms with Crippen LogP contribution in [0, 0.1) is 0 Å². The first-order valence-corrected chi connectivity index (χ1v) is 7.20. The molecule has 1 atom stereocenters. The lowest BCUT2D eigenvalue weighted by Crippen LogP contribution is -2.48. The van der Waals surface area contributed by atoms with E-state index in [4.69, 9.17) is 0 Å². The normalized spacial score (nSPS) is 19.7. The molecule has 0 radical (unpaired) electrons. The summed E-state index contributed by atoms with van der Waals surface area (Å²) in [6, 6.07) is 5.74. The Balaban J connectivity index is 2.16. The van der Waals surface area contributed by atoms with Gasteiger partial charge in [0.05, 0.1) is 6.04 Å². The van der Waals surface area contributed by atoms with Crippen LogP contribution in [0.4, 0.5) is 13.2 Å². The largest absolute Gasteiger partial charge is 0.573 e. The van der Waals surface area contributed by atoms with Gasteiger partial charge < -0.3 is 10.1 Å². The topological polar surface area (TPSA) is 41.6 Å². The Labute approximate surface area is 127 Å². The van der Waals surface area contributed by atoms with Crippen LogP contribution in [0.2, 0.25) is 0 Å². The summed E-state index contributed by atoms with van der Waals surface area (Å²) in [5.41, 5.74) is 0.427. The highest BCUT2D eigenvalue weighted by Gasteiger charge is 2.33. The van der Waals surface area contributed by atoms with Gasteiger partial charge in [-0.2, -0.15) is 0 Å².